The van der Waals surface area contributed by atoms with Gasteiger partial charge >= 0.3 is 0 Å². The monoisotopic (exact) mass is 356 g/mol. The molecular formula is C16H22BrClN2. The lowest BCUT2D eigenvalue weighted by molar-refractivity contribution is 0.391. The van der Waals surface area contributed by atoms with Crippen molar-refractivity contribution in [3.8, 4) is 0 Å². The Labute approximate surface area is 134 Å². The number of halogens is 2. The molecule has 0 aliphatic carbocycles. The van der Waals surface area contributed by atoms with Gasteiger partial charge in [-0.1, -0.05) is 49.0 Å². The number of hydrogen-bond donors (Lipinski definition) is 0. The first kappa shape index (κ1) is 15.8. The highest BCUT2D eigenvalue weighted by molar-refractivity contribution is 9.10. The summed E-state index contributed by atoms with van der Waals surface area (Å²) in [6, 6.07) is 6.23. The van der Waals surface area contributed by atoms with Gasteiger partial charge in [-0.05, 0) is 30.5 Å². The average molecular weight is 358 g/mol. The van der Waals surface area contributed by atoms with Crippen molar-refractivity contribution in [2.75, 3.05) is 0 Å². The van der Waals surface area contributed by atoms with Gasteiger partial charge < -0.3 is 4.57 Å². The molecule has 1 unspecified atom stereocenters. The molecule has 110 valence electrons. The number of unbranched alkanes of at least 4 members (excludes halogenated alkanes) is 1. The van der Waals surface area contributed by atoms with E-state index in [2.05, 4.69) is 51.5 Å². The zero-order valence-electron chi connectivity index (χ0n) is 12.2. The minimum absolute atomic E-state index is 0.469. The van der Waals surface area contributed by atoms with Gasteiger partial charge in [0.25, 0.3) is 0 Å². The lowest BCUT2D eigenvalue weighted by atomic mass is 9.99. The Kier molecular flexibility index (Phi) is 5.91. The molecule has 0 bridgehead atoms. The van der Waals surface area contributed by atoms with Crippen LogP contribution >= 0.6 is 27.5 Å². The van der Waals surface area contributed by atoms with Crippen LogP contribution in [0.15, 0.2) is 22.7 Å². The van der Waals surface area contributed by atoms with Gasteiger partial charge in [-0.2, -0.15) is 0 Å². The first-order valence-corrected chi connectivity index (χ1v) is 8.72. The number of imidazole rings is 1. The summed E-state index contributed by atoms with van der Waals surface area (Å²) in [7, 11) is 0. The molecule has 0 N–H and O–H groups in total. The molecule has 0 spiro atoms. The van der Waals surface area contributed by atoms with Crippen LogP contribution in [0.2, 0.25) is 0 Å². The Bertz CT molecular complexity index is 565. The minimum atomic E-state index is 0.469. The molecule has 1 aromatic heterocycles. The van der Waals surface area contributed by atoms with Crippen LogP contribution in [0.3, 0.4) is 0 Å². The van der Waals surface area contributed by atoms with Gasteiger partial charge in [0.2, 0.25) is 0 Å². The third kappa shape index (κ3) is 3.56. The van der Waals surface area contributed by atoms with Crippen molar-refractivity contribution in [3.63, 3.8) is 0 Å². The van der Waals surface area contributed by atoms with Gasteiger partial charge in [0.15, 0.2) is 0 Å². The summed E-state index contributed by atoms with van der Waals surface area (Å²) >= 11 is 9.63. The van der Waals surface area contributed by atoms with E-state index in [1.807, 2.05) is 6.07 Å². The highest BCUT2D eigenvalue weighted by atomic mass is 79.9. The predicted octanol–water partition coefficient (Wildman–Crippen LogP) is 5.75. The lowest BCUT2D eigenvalue weighted by Gasteiger charge is -2.17. The van der Waals surface area contributed by atoms with Crippen LogP contribution in [0.4, 0.5) is 0 Å². The molecular weight excluding hydrogens is 336 g/mol. The third-order valence-corrected chi connectivity index (χ3v) is 4.63. The van der Waals surface area contributed by atoms with Crippen LogP contribution in [0.1, 0.15) is 45.4 Å². The molecule has 1 aromatic carbocycles. The molecule has 0 saturated heterocycles. The molecule has 2 aromatic rings. The van der Waals surface area contributed by atoms with E-state index in [0.717, 1.165) is 22.4 Å². The molecule has 0 radical (unpaired) electrons. The Hall–Kier alpha value is -0.540. The summed E-state index contributed by atoms with van der Waals surface area (Å²) in [6.45, 7) is 5.54. The van der Waals surface area contributed by atoms with Gasteiger partial charge in [0, 0.05) is 11.0 Å². The van der Waals surface area contributed by atoms with Gasteiger partial charge in [0.1, 0.15) is 5.82 Å². The van der Waals surface area contributed by atoms with Crippen molar-refractivity contribution in [1.82, 2.24) is 9.55 Å². The van der Waals surface area contributed by atoms with E-state index in [1.54, 1.807) is 0 Å². The Morgan fingerprint density at radius 3 is 2.80 bits per heavy atom. The zero-order chi connectivity index (χ0) is 14.5. The second kappa shape index (κ2) is 7.46. The summed E-state index contributed by atoms with van der Waals surface area (Å²) in [4.78, 5) is 4.65. The fourth-order valence-electron chi connectivity index (χ4n) is 2.63. The van der Waals surface area contributed by atoms with Gasteiger partial charge in [0.05, 0.1) is 16.9 Å². The molecule has 0 aliphatic heterocycles. The summed E-state index contributed by atoms with van der Waals surface area (Å²) in [5, 5.41) is 0. The van der Waals surface area contributed by atoms with Crippen molar-refractivity contribution in [3.05, 3.63) is 28.5 Å². The molecule has 1 heterocycles. The van der Waals surface area contributed by atoms with E-state index in [1.165, 1.54) is 31.2 Å². The van der Waals surface area contributed by atoms with Crippen LogP contribution in [-0.2, 0) is 12.4 Å². The van der Waals surface area contributed by atoms with E-state index in [-0.39, 0.29) is 0 Å². The Morgan fingerprint density at radius 1 is 1.35 bits per heavy atom. The lowest BCUT2D eigenvalue weighted by Crippen LogP contribution is -2.12. The van der Waals surface area contributed by atoms with E-state index >= 15 is 0 Å². The van der Waals surface area contributed by atoms with E-state index in [0.29, 0.717) is 11.8 Å². The summed E-state index contributed by atoms with van der Waals surface area (Å²) in [5.74, 6) is 2.15. The first-order valence-electron chi connectivity index (χ1n) is 7.40. The van der Waals surface area contributed by atoms with E-state index in [9.17, 15) is 0 Å². The van der Waals surface area contributed by atoms with Crippen LogP contribution in [0, 0.1) is 5.92 Å². The molecule has 2 rings (SSSR count). The maximum Gasteiger partial charge on any atom is 0.124 e. The standard InChI is InChI=1S/C16H22BrClN2/c1-3-5-6-12(4-2)11-20-15-9-13(17)7-8-14(15)19-16(20)10-18/h7-9,12H,3-6,10-11H2,1-2H3. The maximum atomic E-state index is 6.08. The molecule has 0 fully saturated rings. The number of alkyl halides is 1. The minimum Gasteiger partial charge on any atom is -0.327 e. The second-order valence-corrected chi connectivity index (χ2v) is 6.50. The van der Waals surface area contributed by atoms with Crippen LogP contribution in [0.25, 0.3) is 11.0 Å². The zero-order valence-corrected chi connectivity index (χ0v) is 14.5. The van der Waals surface area contributed by atoms with Gasteiger partial charge in [-0.25, -0.2) is 4.98 Å². The highest BCUT2D eigenvalue weighted by Crippen LogP contribution is 2.25. The first-order chi connectivity index (χ1) is 9.69. The fourth-order valence-corrected chi connectivity index (χ4v) is 3.18. The predicted molar refractivity (Wildman–Crippen MR) is 90.3 cm³/mol. The third-order valence-electron chi connectivity index (χ3n) is 3.89. The van der Waals surface area contributed by atoms with Crippen molar-refractivity contribution in [1.29, 1.82) is 0 Å². The van der Waals surface area contributed by atoms with Crippen LogP contribution in [0.5, 0.6) is 0 Å². The molecule has 20 heavy (non-hydrogen) atoms. The van der Waals surface area contributed by atoms with E-state index in [4.69, 9.17) is 11.6 Å². The number of benzene rings is 1. The van der Waals surface area contributed by atoms with Crippen LogP contribution in [-0.4, -0.2) is 9.55 Å². The number of fused-ring (bicyclic) bond motifs is 1. The summed E-state index contributed by atoms with van der Waals surface area (Å²) in [5.41, 5.74) is 2.22. The number of nitrogens with zero attached hydrogens (tertiary/aromatic N) is 2. The smallest absolute Gasteiger partial charge is 0.124 e. The summed E-state index contributed by atoms with van der Waals surface area (Å²) in [6.07, 6.45) is 5.04. The highest BCUT2D eigenvalue weighted by Gasteiger charge is 2.14. The Balaban J connectivity index is 2.33. The second-order valence-electron chi connectivity index (χ2n) is 5.32. The average Bonchev–Trinajstić information content (AvgIpc) is 2.80. The molecule has 4 heteroatoms. The fraction of sp³-hybridized carbons (Fsp3) is 0.562. The van der Waals surface area contributed by atoms with Crippen molar-refractivity contribution in [2.45, 2.75) is 52.0 Å². The van der Waals surface area contributed by atoms with Crippen molar-refractivity contribution in [2.24, 2.45) is 5.92 Å². The largest absolute Gasteiger partial charge is 0.327 e. The molecule has 0 aliphatic rings. The maximum absolute atomic E-state index is 6.08. The quantitative estimate of drug-likeness (QED) is 0.576. The molecule has 1 atom stereocenters. The number of hydrogen-bond acceptors (Lipinski definition) is 1. The number of aromatic nitrogens is 2. The Morgan fingerprint density at radius 2 is 2.15 bits per heavy atom. The van der Waals surface area contributed by atoms with Crippen LogP contribution < -0.4 is 0 Å². The van der Waals surface area contributed by atoms with Gasteiger partial charge in [-0.15, -0.1) is 11.6 Å². The summed E-state index contributed by atoms with van der Waals surface area (Å²) < 4.78 is 3.39. The SMILES string of the molecule is CCCCC(CC)Cn1c(CCl)nc2ccc(Br)cc21. The topological polar surface area (TPSA) is 17.8 Å². The molecule has 2 nitrogen and oxygen atoms in total. The van der Waals surface area contributed by atoms with Gasteiger partial charge in [-0.3, -0.25) is 0 Å². The number of rotatable bonds is 7. The normalized spacial score (nSPS) is 13.0. The molecule has 0 amide bonds. The molecule has 0 saturated carbocycles. The van der Waals surface area contributed by atoms with Crippen molar-refractivity contribution >= 4 is 38.6 Å². The van der Waals surface area contributed by atoms with E-state index < -0.39 is 0 Å². The van der Waals surface area contributed by atoms with Crippen molar-refractivity contribution < 1.29 is 0 Å².